The molecule has 1 aromatic heterocycles. The number of hydrogen-bond acceptors (Lipinski definition) is 3. The average Bonchev–Trinajstić information content (AvgIpc) is 2.87. The Morgan fingerprint density at radius 3 is 2.76 bits per heavy atom. The van der Waals surface area contributed by atoms with Gasteiger partial charge in [-0.25, -0.2) is 0 Å². The van der Waals surface area contributed by atoms with E-state index in [0.717, 1.165) is 13.0 Å². The molecule has 1 fully saturated rings. The maximum absolute atomic E-state index is 12.2. The molecule has 0 unspecified atom stereocenters. The van der Waals surface area contributed by atoms with Crippen LogP contribution < -0.4 is 10.9 Å². The lowest BCUT2D eigenvalue weighted by Gasteiger charge is -2.31. The second kappa shape index (κ2) is 6.02. The summed E-state index contributed by atoms with van der Waals surface area (Å²) in [5, 5.41) is 2.96. The Kier molecular flexibility index (Phi) is 4.52. The van der Waals surface area contributed by atoms with E-state index in [2.05, 4.69) is 26.1 Å². The standard InChI is InChI=1S/C16H24N2O3/c1-16(2,3)14-11(7-8-21-14)9-17-15(20)12-5-6-13(19)18(4)10-12/h5-6,10-11,14H,7-9H2,1-4H3,(H,17,20)/t11-,14+/m1/s1. The zero-order chi connectivity index (χ0) is 15.6. The number of nitrogens with zero attached hydrogens (tertiary/aromatic N) is 1. The second-order valence-electron chi connectivity index (χ2n) is 6.78. The van der Waals surface area contributed by atoms with E-state index in [1.807, 2.05) is 0 Å². The molecule has 5 nitrogen and oxygen atoms in total. The fourth-order valence-electron chi connectivity index (χ4n) is 2.85. The molecule has 1 aliphatic rings. The first kappa shape index (κ1) is 15.8. The van der Waals surface area contributed by atoms with Crippen molar-refractivity contribution in [3.05, 3.63) is 34.2 Å². The van der Waals surface area contributed by atoms with Gasteiger partial charge in [-0.2, -0.15) is 0 Å². The highest BCUT2D eigenvalue weighted by Crippen LogP contribution is 2.34. The SMILES string of the molecule is Cn1cc(C(=O)NC[C@H]2CCO[C@@H]2C(C)(C)C)ccc1=O. The number of aryl methyl sites for hydroxylation is 1. The van der Waals surface area contributed by atoms with Crippen molar-refractivity contribution in [2.75, 3.05) is 13.2 Å². The molecule has 1 aliphatic heterocycles. The summed E-state index contributed by atoms with van der Waals surface area (Å²) < 4.78 is 7.21. The van der Waals surface area contributed by atoms with Crippen LogP contribution in [0.2, 0.25) is 0 Å². The van der Waals surface area contributed by atoms with Crippen LogP contribution in [-0.4, -0.2) is 29.7 Å². The molecule has 1 aromatic rings. The fraction of sp³-hybridized carbons (Fsp3) is 0.625. The molecule has 0 aliphatic carbocycles. The smallest absolute Gasteiger partial charge is 0.252 e. The predicted octanol–water partition coefficient (Wildman–Crippen LogP) is 1.57. The van der Waals surface area contributed by atoms with Crippen LogP contribution in [0.5, 0.6) is 0 Å². The molecule has 0 saturated carbocycles. The molecule has 116 valence electrons. The summed E-state index contributed by atoms with van der Waals surface area (Å²) in [6.45, 7) is 7.83. The summed E-state index contributed by atoms with van der Waals surface area (Å²) in [6, 6.07) is 2.97. The molecule has 0 radical (unpaired) electrons. The summed E-state index contributed by atoms with van der Waals surface area (Å²) in [6.07, 6.45) is 2.69. The van der Waals surface area contributed by atoms with Crippen molar-refractivity contribution in [3.8, 4) is 0 Å². The number of aromatic nitrogens is 1. The van der Waals surface area contributed by atoms with E-state index in [1.165, 1.54) is 10.6 Å². The van der Waals surface area contributed by atoms with E-state index in [9.17, 15) is 9.59 Å². The third kappa shape index (κ3) is 3.73. The number of amides is 1. The number of hydrogen-bond donors (Lipinski definition) is 1. The van der Waals surface area contributed by atoms with Gasteiger partial charge in [0, 0.05) is 38.4 Å². The number of nitrogens with one attached hydrogen (secondary N) is 1. The number of rotatable bonds is 3. The average molecular weight is 292 g/mol. The molecule has 2 rings (SSSR count). The van der Waals surface area contributed by atoms with Crippen LogP contribution in [0.3, 0.4) is 0 Å². The van der Waals surface area contributed by atoms with Gasteiger partial charge in [-0.1, -0.05) is 20.8 Å². The molecule has 0 aromatic carbocycles. The van der Waals surface area contributed by atoms with Crippen molar-refractivity contribution in [2.45, 2.75) is 33.3 Å². The van der Waals surface area contributed by atoms with Gasteiger partial charge in [0.2, 0.25) is 5.56 Å². The Bertz CT molecular complexity index is 572. The summed E-state index contributed by atoms with van der Waals surface area (Å²) in [4.78, 5) is 23.5. The largest absolute Gasteiger partial charge is 0.377 e. The maximum Gasteiger partial charge on any atom is 0.252 e. The van der Waals surface area contributed by atoms with Crippen LogP contribution in [0, 0.1) is 11.3 Å². The van der Waals surface area contributed by atoms with Gasteiger partial charge >= 0.3 is 0 Å². The minimum absolute atomic E-state index is 0.0720. The summed E-state index contributed by atoms with van der Waals surface area (Å²) in [5.74, 6) is 0.187. The van der Waals surface area contributed by atoms with Crippen LogP contribution >= 0.6 is 0 Å². The van der Waals surface area contributed by atoms with Crippen LogP contribution in [0.15, 0.2) is 23.1 Å². The lowest BCUT2D eigenvalue weighted by molar-refractivity contribution is 0.00737. The molecule has 1 saturated heterocycles. The van der Waals surface area contributed by atoms with E-state index in [-0.39, 0.29) is 23.0 Å². The Hall–Kier alpha value is -1.62. The van der Waals surface area contributed by atoms with E-state index in [1.54, 1.807) is 19.3 Å². The molecule has 1 amide bonds. The lowest BCUT2D eigenvalue weighted by atomic mass is 9.81. The van der Waals surface area contributed by atoms with Crippen LogP contribution in [0.4, 0.5) is 0 Å². The Labute approximate surface area is 125 Å². The topological polar surface area (TPSA) is 60.3 Å². The van der Waals surface area contributed by atoms with Crippen molar-refractivity contribution < 1.29 is 9.53 Å². The monoisotopic (exact) mass is 292 g/mol. The van der Waals surface area contributed by atoms with Gasteiger partial charge in [-0.3, -0.25) is 9.59 Å². The maximum atomic E-state index is 12.2. The van der Waals surface area contributed by atoms with E-state index >= 15 is 0 Å². The van der Waals surface area contributed by atoms with Crippen LogP contribution in [-0.2, 0) is 11.8 Å². The van der Waals surface area contributed by atoms with Crippen LogP contribution in [0.25, 0.3) is 0 Å². The molecule has 5 heteroatoms. The van der Waals surface area contributed by atoms with Crippen molar-refractivity contribution in [1.82, 2.24) is 9.88 Å². The number of carbonyl (C=O) groups is 1. The van der Waals surface area contributed by atoms with Crippen molar-refractivity contribution >= 4 is 5.91 Å². The highest BCUT2D eigenvalue weighted by Gasteiger charge is 2.37. The van der Waals surface area contributed by atoms with Gasteiger partial charge < -0.3 is 14.6 Å². The van der Waals surface area contributed by atoms with E-state index in [0.29, 0.717) is 18.0 Å². The van der Waals surface area contributed by atoms with E-state index < -0.39 is 0 Å². The Balaban J connectivity index is 1.97. The molecule has 0 spiro atoms. The Morgan fingerprint density at radius 1 is 1.43 bits per heavy atom. The highest BCUT2D eigenvalue weighted by atomic mass is 16.5. The number of carbonyl (C=O) groups excluding carboxylic acids is 1. The zero-order valence-corrected chi connectivity index (χ0v) is 13.2. The first-order valence-corrected chi connectivity index (χ1v) is 7.35. The molecule has 1 N–H and O–H groups in total. The van der Waals surface area contributed by atoms with Crippen molar-refractivity contribution in [1.29, 1.82) is 0 Å². The Morgan fingerprint density at radius 2 is 2.14 bits per heavy atom. The third-order valence-corrected chi connectivity index (χ3v) is 3.94. The molecular formula is C16H24N2O3. The molecular weight excluding hydrogens is 268 g/mol. The molecule has 2 atom stereocenters. The summed E-state index contributed by atoms with van der Waals surface area (Å²) in [7, 11) is 1.64. The molecule has 2 heterocycles. The first-order valence-electron chi connectivity index (χ1n) is 7.35. The lowest BCUT2D eigenvalue weighted by Crippen LogP contribution is -2.38. The van der Waals surface area contributed by atoms with Gasteiger partial charge in [-0.05, 0) is 17.9 Å². The summed E-state index contributed by atoms with van der Waals surface area (Å²) >= 11 is 0. The first-order chi connectivity index (χ1) is 9.79. The minimum atomic E-state index is -0.148. The van der Waals surface area contributed by atoms with Gasteiger partial charge in [0.1, 0.15) is 0 Å². The molecule has 21 heavy (non-hydrogen) atoms. The van der Waals surface area contributed by atoms with Crippen LogP contribution in [0.1, 0.15) is 37.6 Å². The summed E-state index contributed by atoms with van der Waals surface area (Å²) in [5.41, 5.74) is 0.453. The van der Waals surface area contributed by atoms with Crippen molar-refractivity contribution in [3.63, 3.8) is 0 Å². The van der Waals surface area contributed by atoms with Gasteiger partial charge in [0.15, 0.2) is 0 Å². The second-order valence-corrected chi connectivity index (χ2v) is 6.78. The highest BCUT2D eigenvalue weighted by molar-refractivity contribution is 5.93. The predicted molar refractivity (Wildman–Crippen MR) is 81.3 cm³/mol. The molecule has 0 bridgehead atoms. The zero-order valence-electron chi connectivity index (χ0n) is 13.2. The van der Waals surface area contributed by atoms with Crippen molar-refractivity contribution in [2.24, 2.45) is 18.4 Å². The van der Waals surface area contributed by atoms with Gasteiger partial charge in [-0.15, -0.1) is 0 Å². The number of ether oxygens (including phenoxy) is 1. The normalized spacial score (nSPS) is 22.3. The number of pyridine rings is 1. The fourth-order valence-corrected chi connectivity index (χ4v) is 2.85. The minimum Gasteiger partial charge on any atom is -0.377 e. The van der Waals surface area contributed by atoms with Gasteiger partial charge in [0.05, 0.1) is 11.7 Å². The quantitative estimate of drug-likeness (QED) is 0.920. The third-order valence-electron chi connectivity index (χ3n) is 3.94. The van der Waals surface area contributed by atoms with Gasteiger partial charge in [0.25, 0.3) is 5.91 Å². The van der Waals surface area contributed by atoms with E-state index in [4.69, 9.17) is 4.74 Å².